The van der Waals surface area contributed by atoms with E-state index in [4.69, 9.17) is 35.4 Å². The average Bonchev–Trinajstić information content (AvgIpc) is 2.78. The van der Waals surface area contributed by atoms with Crippen LogP contribution >= 0.6 is 35.4 Å². The van der Waals surface area contributed by atoms with Crippen molar-refractivity contribution in [1.29, 1.82) is 0 Å². The number of carbonyl (C=O) groups is 2. The maximum absolute atomic E-state index is 12.8. The summed E-state index contributed by atoms with van der Waals surface area (Å²) in [6, 6.07) is 24.7. The number of anilines is 2. The van der Waals surface area contributed by atoms with Gasteiger partial charge in [-0.05, 0) is 65.5 Å². The molecule has 4 aromatic rings. The van der Waals surface area contributed by atoms with Gasteiger partial charge in [0.2, 0.25) is 0 Å². The minimum Gasteiger partial charge on any atom is -0.332 e. The summed E-state index contributed by atoms with van der Waals surface area (Å²) in [5, 5.41) is 11.1. The molecule has 0 aromatic heterocycles. The molecule has 0 unspecified atom stereocenters. The van der Waals surface area contributed by atoms with E-state index >= 15 is 0 Å². The summed E-state index contributed by atoms with van der Waals surface area (Å²) in [5.74, 6) is -0.688. The third-order valence-electron chi connectivity index (χ3n) is 4.82. The first-order valence-electron chi connectivity index (χ1n) is 9.87. The molecule has 3 N–H and O–H groups in total. The summed E-state index contributed by atoms with van der Waals surface area (Å²) in [5.41, 5.74) is 1.95. The molecule has 2 amide bonds. The third-order valence-corrected chi connectivity index (χ3v) is 5.57. The average molecular weight is 494 g/mol. The molecule has 0 aliphatic carbocycles. The van der Waals surface area contributed by atoms with Crippen LogP contribution in [0.25, 0.3) is 10.8 Å². The van der Waals surface area contributed by atoms with Gasteiger partial charge >= 0.3 is 0 Å². The summed E-state index contributed by atoms with van der Waals surface area (Å²) in [4.78, 5) is 25.3. The standard InChI is InChI=1S/C25H17Cl2N3O2S/c26-16-11-12-21(22(27)13-16)24(32)28-17-7-4-8-18(14-17)29-25(33)30-23(31)20-10-3-6-15-5-1-2-9-19(15)20/h1-14H,(H,28,32)(H2,29,30,31,33). The lowest BCUT2D eigenvalue weighted by molar-refractivity contribution is 0.0978. The van der Waals surface area contributed by atoms with Gasteiger partial charge in [-0.2, -0.15) is 0 Å². The zero-order valence-electron chi connectivity index (χ0n) is 17.1. The van der Waals surface area contributed by atoms with E-state index in [2.05, 4.69) is 16.0 Å². The Morgan fingerprint density at radius 3 is 2.18 bits per heavy atom. The summed E-state index contributed by atoms with van der Waals surface area (Å²) < 4.78 is 0. The minimum atomic E-state index is -0.374. The number of halogens is 2. The highest BCUT2D eigenvalue weighted by molar-refractivity contribution is 7.80. The Balaban J connectivity index is 1.43. The predicted molar refractivity (Wildman–Crippen MR) is 138 cm³/mol. The highest BCUT2D eigenvalue weighted by Gasteiger charge is 2.13. The molecule has 0 aliphatic rings. The van der Waals surface area contributed by atoms with Gasteiger partial charge in [-0.3, -0.25) is 14.9 Å². The number of hydrogen-bond acceptors (Lipinski definition) is 3. The molecule has 0 radical (unpaired) electrons. The van der Waals surface area contributed by atoms with Crippen LogP contribution in [0.1, 0.15) is 20.7 Å². The lowest BCUT2D eigenvalue weighted by Gasteiger charge is -2.12. The SMILES string of the molecule is O=C(Nc1cccc(NC(=S)NC(=O)c2cccc3ccccc23)c1)c1ccc(Cl)cc1Cl. The van der Waals surface area contributed by atoms with Crippen molar-refractivity contribution >= 4 is 74.5 Å². The Morgan fingerprint density at radius 2 is 1.39 bits per heavy atom. The number of hydrogen-bond donors (Lipinski definition) is 3. The van der Waals surface area contributed by atoms with Gasteiger partial charge in [0.15, 0.2) is 5.11 Å². The lowest BCUT2D eigenvalue weighted by atomic mass is 10.0. The molecule has 33 heavy (non-hydrogen) atoms. The number of carbonyl (C=O) groups excluding carboxylic acids is 2. The quantitative estimate of drug-likeness (QED) is 0.282. The molecular weight excluding hydrogens is 477 g/mol. The van der Waals surface area contributed by atoms with Crippen LogP contribution in [0.5, 0.6) is 0 Å². The van der Waals surface area contributed by atoms with Crippen LogP contribution in [-0.4, -0.2) is 16.9 Å². The topological polar surface area (TPSA) is 70.2 Å². The van der Waals surface area contributed by atoms with Crippen molar-refractivity contribution in [2.45, 2.75) is 0 Å². The highest BCUT2D eigenvalue weighted by atomic mass is 35.5. The Bertz CT molecular complexity index is 1390. The summed E-state index contributed by atoms with van der Waals surface area (Å²) in [6.07, 6.45) is 0. The zero-order valence-corrected chi connectivity index (χ0v) is 19.4. The number of amides is 2. The van der Waals surface area contributed by atoms with Crippen molar-refractivity contribution in [2.24, 2.45) is 0 Å². The largest absolute Gasteiger partial charge is 0.332 e. The van der Waals surface area contributed by atoms with E-state index < -0.39 is 0 Å². The molecule has 0 saturated carbocycles. The fourth-order valence-electron chi connectivity index (χ4n) is 3.30. The van der Waals surface area contributed by atoms with Crippen LogP contribution in [0.3, 0.4) is 0 Å². The lowest BCUT2D eigenvalue weighted by Crippen LogP contribution is -2.34. The van der Waals surface area contributed by atoms with Gasteiger partial charge < -0.3 is 10.6 Å². The first-order chi connectivity index (χ1) is 15.9. The number of nitrogens with one attached hydrogen (secondary N) is 3. The molecule has 4 aromatic carbocycles. The van der Waals surface area contributed by atoms with Crippen molar-refractivity contribution < 1.29 is 9.59 Å². The number of thiocarbonyl (C=S) groups is 1. The molecule has 0 atom stereocenters. The number of benzene rings is 4. The van der Waals surface area contributed by atoms with Crippen molar-refractivity contribution in [3.63, 3.8) is 0 Å². The van der Waals surface area contributed by atoms with Crippen molar-refractivity contribution in [1.82, 2.24) is 5.32 Å². The minimum absolute atomic E-state index is 0.136. The second-order valence-corrected chi connectivity index (χ2v) is 8.35. The molecule has 0 bridgehead atoms. The first-order valence-corrected chi connectivity index (χ1v) is 11.0. The predicted octanol–water partition coefficient (Wildman–Crippen LogP) is 6.53. The Kier molecular flexibility index (Phi) is 6.89. The van der Waals surface area contributed by atoms with Gasteiger partial charge in [-0.1, -0.05) is 65.7 Å². The Morgan fingerprint density at radius 1 is 0.697 bits per heavy atom. The number of rotatable bonds is 4. The second kappa shape index (κ2) is 10.0. The molecule has 164 valence electrons. The van der Waals surface area contributed by atoms with E-state index in [1.165, 1.54) is 6.07 Å². The van der Waals surface area contributed by atoms with Crippen LogP contribution < -0.4 is 16.0 Å². The van der Waals surface area contributed by atoms with E-state index in [0.29, 0.717) is 27.5 Å². The van der Waals surface area contributed by atoms with Crippen molar-refractivity contribution in [3.05, 3.63) is 106 Å². The molecule has 0 saturated heterocycles. The van der Waals surface area contributed by atoms with Gasteiger partial charge in [0, 0.05) is 22.0 Å². The van der Waals surface area contributed by atoms with Crippen molar-refractivity contribution in [2.75, 3.05) is 10.6 Å². The number of fused-ring (bicyclic) bond motifs is 1. The molecule has 0 fully saturated rings. The molecule has 5 nitrogen and oxygen atoms in total. The third kappa shape index (κ3) is 5.49. The van der Waals surface area contributed by atoms with Crippen LogP contribution in [0.15, 0.2) is 84.9 Å². The van der Waals surface area contributed by atoms with E-state index in [9.17, 15) is 9.59 Å². The van der Waals surface area contributed by atoms with E-state index in [1.807, 2.05) is 36.4 Å². The van der Waals surface area contributed by atoms with Gasteiger partial charge in [-0.15, -0.1) is 0 Å². The molecule has 8 heteroatoms. The van der Waals surface area contributed by atoms with Gasteiger partial charge in [-0.25, -0.2) is 0 Å². The smallest absolute Gasteiger partial charge is 0.258 e. The molecule has 0 aliphatic heterocycles. The maximum Gasteiger partial charge on any atom is 0.258 e. The van der Waals surface area contributed by atoms with Gasteiger partial charge in [0.1, 0.15) is 0 Å². The fourth-order valence-corrected chi connectivity index (χ4v) is 4.01. The molecule has 4 rings (SSSR count). The summed E-state index contributed by atoms with van der Waals surface area (Å²) >= 11 is 17.3. The zero-order chi connectivity index (χ0) is 23.4. The van der Waals surface area contributed by atoms with Crippen LogP contribution in [0.2, 0.25) is 10.0 Å². The van der Waals surface area contributed by atoms with Crippen LogP contribution in [0, 0.1) is 0 Å². The summed E-state index contributed by atoms with van der Waals surface area (Å²) in [6.45, 7) is 0. The van der Waals surface area contributed by atoms with Crippen LogP contribution in [0.4, 0.5) is 11.4 Å². The monoisotopic (exact) mass is 493 g/mol. The van der Waals surface area contributed by atoms with Gasteiger partial charge in [0.25, 0.3) is 11.8 Å². The van der Waals surface area contributed by atoms with Crippen molar-refractivity contribution in [3.8, 4) is 0 Å². The van der Waals surface area contributed by atoms with E-state index in [1.54, 1.807) is 42.5 Å². The molecule has 0 spiro atoms. The highest BCUT2D eigenvalue weighted by Crippen LogP contribution is 2.23. The Labute approximate surface area is 205 Å². The molecule has 0 heterocycles. The fraction of sp³-hybridized carbons (Fsp3) is 0. The maximum atomic E-state index is 12.8. The summed E-state index contributed by atoms with van der Waals surface area (Å²) in [7, 11) is 0. The molecular formula is C25H17Cl2N3O2S. The first kappa shape index (κ1) is 22.7. The van der Waals surface area contributed by atoms with Gasteiger partial charge in [0.05, 0.1) is 10.6 Å². The normalized spacial score (nSPS) is 10.5. The van der Waals surface area contributed by atoms with E-state index in [0.717, 1.165) is 10.8 Å². The van der Waals surface area contributed by atoms with E-state index in [-0.39, 0.29) is 21.9 Å². The second-order valence-electron chi connectivity index (χ2n) is 7.09. The Hall–Kier alpha value is -3.45. The van der Waals surface area contributed by atoms with Crippen LogP contribution in [-0.2, 0) is 0 Å².